The molecule has 4 nitrogen and oxygen atoms in total. The van der Waals surface area contributed by atoms with Gasteiger partial charge in [0.25, 0.3) is 0 Å². The lowest BCUT2D eigenvalue weighted by Gasteiger charge is -2.15. The number of halogens is 1. The number of ether oxygens (including phenoxy) is 2. The van der Waals surface area contributed by atoms with Gasteiger partial charge in [-0.25, -0.2) is 0 Å². The van der Waals surface area contributed by atoms with Crippen LogP contribution in [0.3, 0.4) is 0 Å². The maximum atomic E-state index is 8.95. The van der Waals surface area contributed by atoms with Crippen molar-refractivity contribution in [1.82, 2.24) is 0 Å². The largest absolute Gasteiger partial charge is 0.493 e. The van der Waals surface area contributed by atoms with E-state index in [0.29, 0.717) is 17.9 Å². The van der Waals surface area contributed by atoms with Gasteiger partial charge in [-0.05, 0) is 18.6 Å². The molecule has 1 aromatic carbocycles. The van der Waals surface area contributed by atoms with Gasteiger partial charge in [0.05, 0.1) is 20.8 Å². The first-order valence-corrected chi connectivity index (χ1v) is 5.68. The Morgan fingerprint density at radius 1 is 1.38 bits per heavy atom. The second kappa shape index (κ2) is 6.08. The second-order valence-electron chi connectivity index (χ2n) is 3.45. The van der Waals surface area contributed by atoms with Crippen molar-refractivity contribution < 1.29 is 14.6 Å². The SMILES string of the molecule is COc1cc(Br)cc(CC(N)CO)c1OC. The predicted octanol–water partition coefficient (Wildman–Crippen LogP) is 1.33. The summed E-state index contributed by atoms with van der Waals surface area (Å²) in [5.74, 6) is 1.31. The second-order valence-corrected chi connectivity index (χ2v) is 4.36. The van der Waals surface area contributed by atoms with E-state index in [0.717, 1.165) is 10.0 Å². The van der Waals surface area contributed by atoms with Crippen LogP contribution < -0.4 is 15.2 Å². The first-order valence-electron chi connectivity index (χ1n) is 4.89. The number of aliphatic hydroxyl groups excluding tert-OH is 1. The highest BCUT2D eigenvalue weighted by Gasteiger charge is 2.14. The van der Waals surface area contributed by atoms with Crippen LogP contribution in [0.5, 0.6) is 11.5 Å². The molecule has 0 amide bonds. The van der Waals surface area contributed by atoms with E-state index in [4.69, 9.17) is 20.3 Å². The van der Waals surface area contributed by atoms with Crippen molar-refractivity contribution in [3.05, 3.63) is 22.2 Å². The number of aliphatic hydroxyl groups is 1. The van der Waals surface area contributed by atoms with Crippen molar-refractivity contribution in [2.45, 2.75) is 12.5 Å². The van der Waals surface area contributed by atoms with Crippen LogP contribution in [-0.2, 0) is 6.42 Å². The van der Waals surface area contributed by atoms with E-state index in [1.807, 2.05) is 12.1 Å². The van der Waals surface area contributed by atoms with Gasteiger partial charge in [0.15, 0.2) is 11.5 Å². The fourth-order valence-electron chi connectivity index (χ4n) is 1.50. The van der Waals surface area contributed by atoms with Crippen molar-refractivity contribution in [2.75, 3.05) is 20.8 Å². The lowest BCUT2D eigenvalue weighted by atomic mass is 10.1. The molecule has 0 aliphatic rings. The molecular weight excluding hydrogens is 274 g/mol. The number of rotatable bonds is 5. The van der Waals surface area contributed by atoms with E-state index in [-0.39, 0.29) is 12.6 Å². The lowest BCUT2D eigenvalue weighted by molar-refractivity contribution is 0.264. The van der Waals surface area contributed by atoms with Crippen LogP contribution in [0.25, 0.3) is 0 Å². The highest BCUT2D eigenvalue weighted by molar-refractivity contribution is 9.10. The van der Waals surface area contributed by atoms with Crippen molar-refractivity contribution in [1.29, 1.82) is 0 Å². The highest BCUT2D eigenvalue weighted by atomic mass is 79.9. The lowest BCUT2D eigenvalue weighted by Crippen LogP contribution is -2.27. The summed E-state index contributed by atoms with van der Waals surface area (Å²) in [6, 6.07) is 3.44. The number of nitrogens with two attached hydrogens (primary N) is 1. The van der Waals surface area contributed by atoms with E-state index >= 15 is 0 Å². The van der Waals surface area contributed by atoms with Crippen LogP contribution in [-0.4, -0.2) is 32.0 Å². The first-order chi connectivity index (χ1) is 7.62. The van der Waals surface area contributed by atoms with E-state index in [2.05, 4.69) is 15.9 Å². The minimum atomic E-state index is -0.298. The van der Waals surface area contributed by atoms with Crippen LogP contribution in [0.1, 0.15) is 5.56 Å². The molecule has 0 saturated heterocycles. The van der Waals surface area contributed by atoms with Crippen molar-refractivity contribution in [3.63, 3.8) is 0 Å². The van der Waals surface area contributed by atoms with Crippen molar-refractivity contribution >= 4 is 15.9 Å². The molecule has 0 aliphatic carbocycles. The van der Waals surface area contributed by atoms with Crippen LogP contribution in [0, 0.1) is 0 Å². The third-order valence-electron chi connectivity index (χ3n) is 2.24. The van der Waals surface area contributed by atoms with Gasteiger partial charge >= 0.3 is 0 Å². The Balaban J connectivity index is 3.09. The van der Waals surface area contributed by atoms with Crippen LogP contribution in [0.2, 0.25) is 0 Å². The van der Waals surface area contributed by atoms with E-state index in [1.54, 1.807) is 14.2 Å². The zero-order valence-corrected chi connectivity index (χ0v) is 11.0. The summed E-state index contributed by atoms with van der Waals surface area (Å²) < 4.78 is 11.4. The summed E-state index contributed by atoms with van der Waals surface area (Å²) in [7, 11) is 3.17. The smallest absolute Gasteiger partial charge is 0.164 e. The Kier molecular flexibility index (Phi) is 5.05. The average Bonchev–Trinajstić information content (AvgIpc) is 2.28. The molecule has 0 radical (unpaired) electrons. The summed E-state index contributed by atoms with van der Waals surface area (Å²) in [6.45, 7) is -0.0576. The van der Waals surface area contributed by atoms with Crippen molar-refractivity contribution in [2.24, 2.45) is 5.73 Å². The van der Waals surface area contributed by atoms with Gasteiger partial charge in [-0.3, -0.25) is 0 Å². The third kappa shape index (κ3) is 3.10. The summed E-state index contributed by atoms with van der Waals surface area (Å²) in [5.41, 5.74) is 6.62. The maximum absolute atomic E-state index is 8.95. The molecule has 1 atom stereocenters. The number of hydrogen-bond donors (Lipinski definition) is 2. The van der Waals surface area contributed by atoms with E-state index < -0.39 is 0 Å². The Hall–Kier alpha value is -0.780. The average molecular weight is 290 g/mol. The summed E-state index contributed by atoms with van der Waals surface area (Å²) in [5, 5.41) is 8.95. The van der Waals surface area contributed by atoms with Crippen LogP contribution in [0.15, 0.2) is 16.6 Å². The number of hydrogen-bond acceptors (Lipinski definition) is 4. The minimum absolute atomic E-state index is 0.0576. The standard InChI is InChI=1S/C11H16BrNO3/c1-15-10-5-8(12)3-7(11(10)16-2)4-9(13)6-14/h3,5,9,14H,4,6,13H2,1-2H3. The molecule has 3 N–H and O–H groups in total. The summed E-state index contributed by atoms with van der Waals surface area (Å²) >= 11 is 3.39. The Morgan fingerprint density at radius 3 is 2.56 bits per heavy atom. The third-order valence-corrected chi connectivity index (χ3v) is 2.70. The molecular formula is C11H16BrNO3. The van der Waals surface area contributed by atoms with Gasteiger partial charge < -0.3 is 20.3 Å². The number of benzene rings is 1. The normalized spacial score (nSPS) is 12.3. The molecule has 0 bridgehead atoms. The van der Waals surface area contributed by atoms with Gasteiger partial charge in [0.1, 0.15) is 0 Å². The molecule has 0 aromatic heterocycles. The maximum Gasteiger partial charge on any atom is 0.164 e. The fraction of sp³-hybridized carbons (Fsp3) is 0.455. The molecule has 0 aliphatic heterocycles. The van der Waals surface area contributed by atoms with Gasteiger partial charge in [-0.1, -0.05) is 15.9 Å². The van der Waals surface area contributed by atoms with Gasteiger partial charge in [0, 0.05) is 16.1 Å². The van der Waals surface area contributed by atoms with Gasteiger partial charge in [-0.15, -0.1) is 0 Å². The van der Waals surface area contributed by atoms with Crippen molar-refractivity contribution in [3.8, 4) is 11.5 Å². The molecule has 90 valence electrons. The van der Waals surface area contributed by atoms with E-state index in [9.17, 15) is 0 Å². The molecule has 1 aromatic rings. The van der Waals surface area contributed by atoms with Gasteiger partial charge in [0.2, 0.25) is 0 Å². The van der Waals surface area contributed by atoms with Crippen LogP contribution >= 0.6 is 15.9 Å². The quantitative estimate of drug-likeness (QED) is 0.858. The topological polar surface area (TPSA) is 64.7 Å². The molecule has 5 heteroatoms. The molecule has 0 spiro atoms. The zero-order chi connectivity index (χ0) is 12.1. The highest BCUT2D eigenvalue weighted by Crippen LogP contribution is 2.35. The predicted molar refractivity (Wildman–Crippen MR) is 66.0 cm³/mol. The summed E-state index contributed by atoms with van der Waals surface area (Å²) in [4.78, 5) is 0. The molecule has 1 unspecified atom stereocenters. The fourth-order valence-corrected chi connectivity index (χ4v) is 1.99. The molecule has 1 rings (SSSR count). The molecule has 16 heavy (non-hydrogen) atoms. The minimum Gasteiger partial charge on any atom is -0.493 e. The number of methoxy groups -OCH3 is 2. The first kappa shape index (κ1) is 13.3. The molecule has 0 saturated carbocycles. The van der Waals surface area contributed by atoms with E-state index in [1.165, 1.54) is 0 Å². The molecule has 0 heterocycles. The molecule has 0 fully saturated rings. The Bertz CT molecular complexity index is 357. The summed E-state index contributed by atoms with van der Waals surface area (Å²) in [6.07, 6.45) is 0.537. The van der Waals surface area contributed by atoms with Gasteiger partial charge in [-0.2, -0.15) is 0 Å². The van der Waals surface area contributed by atoms with Crippen LogP contribution in [0.4, 0.5) is 0 Å². The Labute approximate surface area is 103 Å². The Morgan fingerprint density at radius 2 is 2.06 bits per heavy atom. The zero-order valence-electron chi connectivity index (χ0n) is 9.37. The monoisotopic (exact) mass is 289 g/mol.